The molecule has 1 N–H and O–H groups in total. The van der Waals surface area contributed by atoms with Gasteiger partial charge in [0.15, 0.2) is 0 Å². The van der Waals surface area contributed by atoms with Crippen LogP contribution in [0.25, 0.3) is 0 Å². The van der Waals surface area contributed by atoms with Gasteiger partial charge in [0.25, 0.3) is 0 Å². The average molecular weight is 127 g/mol. The average Bonchev–Trinajstić information content (AvgIpc) is 1.84. The van der Waals surface area contributed by atoms with Gasteiger partial charge < -0.3 is 5.32 Å². The molecule has 0 aromatic rings. The Labute approximate surface area is 58.2 Å². The summed E-state index contributed by atoms with van der Waals surface area (Å²) < 4.78 is 0. The molecule has 0 spiro atoms. The molecule has 0 heterocycles. The summed E-state index contributed by atoms with van der Waals surface area (Å²) in [5.74, 6) is 0. The van der Waals surface area contributed by atoms with Crippen LogP contribution in [-0.4, -0.2) is 7.05 Å². The fourth-order valence-electron chi connectivity index (χ4n) is 0.427. The second kappa shape index (κ2) is 3.54. The second-order valence-electron chi connectivity index (χ2n) is 2.96. The lowest BCUT2D eigenvalue weighted by Gasteiger charge is -2.16. The van der Waals surface area contributed by atoms with E-state index in [0.29, 0.717) is 5.41 Å². The first-order chi connectivity index (χ1) is 4.12. The van der Waals surface area contributed by atoms with Gasteiger partial charge in [-0.05, 0) is 18.0 Å². The molecule has 0 aromatic carbocycles. The molecule has 1 nitrogen and oxygen atoms in total. The van der Waals surface area contributed by atoms with Crippen molar-refractivity contribution in [1.29, 1.82) is 0 Å². The van der Waals surface area contributed by atoms with Crippen LogP contribution in [0, 0.1) is 5.41 Å². The Morgan fingerprint density at radius 3 is 2.33 bits per heavy atom. The molecule has 0 unspecified atom stereocenters. The zero-order valence-electron chi connectivity index (χ0n) is 6.86. The third kappa shape index (κ3) is 4.07. The minimum atomic E-state index is 0.350. The Bertz CT molecular complexity index is 92.7. The normalized spacial score (nSPS) is 12.4. The number of hydrogen-bond acceptors (Lipinski definition) is 1. The smallest absolute Gasteiger partial charge is 0.00276 e. The highest BCUT2D eigenvalue weighted by Crippen LogP contribution is 2.20. The van der Waals surface area contributed by atoms with Gasteiger partial charge in [0.05, 0.1) is 0 Å². The van der Waals surface area contributed by atoms with Crippen molar-refractivity contribution in [3.05, 3.63) is 12.3 Å². The van der Waals surface area contributed by atoms with Crippen molar-refractivity contribution in [2.24, 2.45) is 5.41 Å². The van der Waals surface area contributed by atoms with E-state index in [2.05, 4.69) is 32.2 Å². The van der Waals surface area contributed by atoms with E-state index in [0.717, 1.165) is 0 Å². The van der Waals surface area contributed by atoms with Crippen LogP contribution in [0.2, 0.25) is 0 Å². The summed E-state index contributed by atoms with van der Waals surface area (Å²) in [5.41, 5.74) is 0.350. The highest BCUT2D eigenvalue weighted by Gasteiger charge is 2.08. The maximum Gasteiger partial charge on any atom is 0.00276 e. The van der Waals surface area contributed by atoms with Crippen molar-refractivity contribution in [2.75, 3.05) is 7.05 Å². The summed E-state index contributed by atoms with van der Waals surface area (Å²) in [4.78, 5) is 0. The highest BCUT2D eigenvalue weighted by atomic mass is 14.8. The number of nitrogens with one attached hydrogen (secondary N) is 1. The molecule has 9 heavy (non-hydrogen) atoms. The van der Waals surface area contributed by atoms with Gasteiger partial charge in [0.2, 0.25) is 0 Å². The highest BCUT2D eigenvalue weighted by molar-refractivity contribution is 4.91. The van der Waals surface area contributed by atoms with Gasteiger partial charge in [-0.15, -0.1) is 0 Å². The molecule has 0 aliphatic heterocycles. The lowest BCUT2D eigenvalue weighted by atomic mass is 9.91. The van der Waals surface area contributed by atoms with E-state index < -0.39 is 0 Å². The van der Waals surface area contributed by atoms with Gasteiger partial charge in [0, 0.05) is 7.05 Å². The maximum atomic E-state index is 2.98. The molecule has 0 aromatic heterocycles. The van der Waals surface area contributed by atoms with Gasteiger partial charge in [-0.1, -0.05) is 26.8 Å². The zero-order valence-corrected chi connectivity index (χ0v) is 6.86. The van der Waals surface area contributed by atoms with Crippen molar-refractivity contribution >= 4 is 0 Å². The molecular weight excluding hydrogens is 110 g/mol. The lowest BCUT2D eigenvalue weighted by molar-refractivity contribution is 0.460. The van der Waals surface area contributed by atoms with E-state index in [9.17, 15) is 0 Å². The fourth-order valence-corrected chi connectivity index (χ4v) is 0.427. The van der Waals surface area contributed by atoms with Crippen molar-refractivity contribution < 1.29 is 0 Å². The first kappa shape index (κ1) is 8.54. The molecule has 0 radical (unpaired) electrons. The van der Waals surface area contributed by atoms with Crippen LogP contribution in [0.5, 0.6) is 0 Å². The van der Waals surface area contributed by atoms with Crippen molar-refractivity contribution in [1.82, 2.24) is 5.32 Å². The zero-order chi connectivity index (χ0) is 7.33. The number of hydrogen-bond donors (Lipinski definition) is 1. The standard InChI is InChI=1S/C8H17N/c1-5-8(2,3)6-7-9-4/h6-7,9H,5H2,1-4H3/b7-6-. The molecule has 0 amide bonds. The van der Waals surface area contributed by atoms with Crippen molar-refractivity contribution in [3.63, 3.8) is 0 Å². The quantitative estimate of drug-likeness (QED) is 0.612. The van der Waals surface area contributed by atoms with Crippen LogP contribution in [0.15, 0.2) is 12.3 Å². The Kier molecular flexibility index (Phi) is 3.36. The van der Waals surface area contributed by atoms with Crippen LogP contribution < -0.4 is 5.32 Å². The minimum absolute atomic E-state index is 0.350. The van der Waals surface area contributed by atoms with E-state index in [-0.39, 0.29) is 0 Å². The SMILES string of the molecule is CCC(C)(C)/C=C\NC. The fraction of sp³-hybridized carbons (Fsp3) is 0.750. The Morgan fingerprint density at radius 1 is 1.44 bits per heavy atom. The van der Waals surface area contributed by atoms with Gasteiger partial charge in [0.1, 0.15) is 0 Å². The van der Waals surface area contributed by atoms with Crippen LogP contribution in [0.4, 0.5) is 0 Å². The molecule has 0 saturated carbocycles. The lowest BCUT2D eigenvalue weighted by Crippen LogP contribution is -2.06. The molecule has 0 atom stereocenters. The Hall–Kier alpha value is -0.460. The number of allylic oxidation sites excluding steroid dienone is 1. The van der Waals surface area contributed by atoms with E-state index in [1.54, 1.807) is 0 Å². The van der Waals surface area contributed by atoms with Gasteiger partial charge in [-0.3, -0.25) is 0 Å². The van der Waals surface area contributed by atoms with Gasteiger partial charge in [-0.25, -0.2) is 0 Å². The van der Waals surface area contributed by atoms with Crippen LogP contribution in [0.1, 0.15) is 27.2 Å². The molecule has 0 rings (SSSR count). The van der Waals surface area contributed by atoms with Gasteiger partial charge >= 0.3 is 0 Å². The molecular formula is C8H17N. The minimum Gasteiger partial charge on any atom is -0.394 e. The summed E-state index contributed by atoms with van der Waals surface area (Å²) in [6, 6.07) is 0. The van der Waals surface area contributed by atoms with Crippen LogP contribution in [-0.2, 0) is 0 Å². The molecule has 0 saturated heterocycles. The third-order valence-corrected chi connectivity index (χ3v) is 1.61. The summed E-state index contributed by atoms with van der Waals surface area (Å²) in [5, 5.41) is 2.98. The first-order valence-electron chi connectivity index (χ1n) is 3.47. The first-order valence-corrected chi connectivity index (χ1v) is 3.47. The molecule has 0 aliphatic rings. The molecule has 0 bridgehead atoms. The molecule has 0 fully saturated rings. The van der Waals surface area contributed by atoms with Crippen LogP contribution >= 0.6 is 0 Å². The third-order valence-electron chi connectivity index (χ3n) is 1.61. The largest absolute Gasteiger partial charge is 0.394 e. The summed E-state index contributed by atoms with van der Waals surface area (Å²) in [6.45, 7) is 6.64. The van der Waals surface area contributed by atoms with E-state index >= 15 is 0 Å². The predicted molar refractivity (Wildman–Crippen MR) is 42.3 cm³/mol. The monoisotopic (exact) mass is 127 g/mol. The topological polar surface area (TPSA) is 12.0 Å². The number of rotatable bonds is 3. The van der Waals surface area contributed by atoms with Crippen LogP contribution in [0.3, 0.4) is 0 Å². The van der Waals surface area contributed by atoms with Gasteiger partial charge in [-0.2, -0.15) is 0 Å². The van der Waals surface area contributed by atoms with Crippen molar-refractivity contribution in [3.8, 4) is 0 Å². The predicted octanol–water partition coefficient (Wildman–Crippen LogP) is 2.16. The summed E-state index contributed by atoms with van der Waals surface area (Å²) in [7, 11) is 1.92. The summed E-state index contributed by atoms with van der Waals surface area (Å²) >= 11 is 0. The molecule has 0 aliphatic carbocycles. The van der Waals surface area contributed by atoms with E-state index in [4.69, 9.17) is 0 Å². The summed E-state index contributed by atoms with van der Waals surface area (Å²) in [6.07, 6.45) is 5.36. The molecule has 54 valence electrons. The Morgan fingerprint density at radius 2 is 2.00 bits per heavy atom. The van der Waals surface area contributed by atoms with E-state index in [1.807, 2.05) is 13.2 Å². The maximum absolute atomic E-state index is 2.98. The molecule has 1 heteroatoms. The van der Waals surface area contributed by atoms with Crippen molar-refractivity contribution in [2.45, 2.75) is 27.2 Å². The second-order valence-corrected chi connectivity index (χ2v) is 2.96. The van der Waals surface area contributed by atoms with E-state index in [1.165, 1.54) is 6.42 Å². The Balaban J connectivity index is 3.70.